The molecule has 5 heterocycles. The molecule has 0 saturated carbocycles. The highest BCUT2D eigenvalue weighted by atomic mass is 31.2. The van der Waals surface area contributed by atoms with E-state index in [2.05, 4.69) is 64.7 Å². The van der Waals surface area contributed by atoms with Gasteiger partial charge in [0.15, 0.2) is 11.2 Å². The molecular weight excluding hydrogens is 1780 g/mol. The third kappa shape index (κ3) is 20.4. The predicted molar refractivity (Wildman–Crippen MR) is 509 cm³/mol. The second-order valence-electron chi connectivity index (χ2n) is 33.7. The van der Waals surface area contributed by atoms with Crippen LogP contribution in [0, 0.1) is 11.3 Å². The molecule has 0 radical (unpaired) electrons. The largest absolute Gasteiger partial charge is 0.497 e. The number of alkyl carbamates (subject to hydrolysis) is 2. The van der Waals surface area contributed by atoms with Crippen molar-refractivity contribution in [2.24, 2.45) is 0 Å². The zero-order valence-electron chi connectivity index (χ0n) is 75.4. The molecule has 34 heteroatoms. The third-order valence-corrected chi connectivity index (χ3v) is 26.6. The van der Waals surface area contributed by atoms with Gasteiger partial charge in [0.25, 0.3) is 11.5 Å². The van der Waals surface area contributed by atoms with Gasteiger partial charge in [-0.2, -0.15) is 15.2 Å². The minimum Gasteiger partial charge on any atom is -0.497 e. The molecule has 10 aromatic carbocycles. The average Bonchev–Trinajstić information content (AvgIpc) is 1.71. The van der Waals surface area contributed by atoms with Crippen LogP contribution in [-0.4, -0.2) is 180 Å². The molecule has 3 aliphatic carbocycles. The van der Waals surface area contributed by atoms with Crippen molar-refractivity contribution in [3.8, 4) is 50.9 Å². The van der Waals surface area contributed by atoms with E-state index in [-0.39, 0.29) is 138 Å². The number of hydrogen-bond donors (Lipinski definition) is 7. The highest BCUT2D eigenvalue weighted by molar-refractivity contribution is 7.41. The number of benzene rings is 10. The minimum absolute atomic E-state index is 0.00763. The summed E-state index contributed by atoms with van der Waals surface area (Å²) in [4.78, 5) is 128. The molecule has 0 bridgehead atoms. The van der Waals surface area contributed by atoms with E-state index in [0.717, 1.165) is 72.3 Å². The lowest BCUT2D eigenvalue weighted by Gasteiger charge is -2.37. The Labute approximate surface area is 793 Å². The summed E-state index contributed by atoms with van der Waals surface area (Å²) in [6.45, 7) is -0.921. The highest BCUT2D eigenvalue weighted by Gasteiger charge is 2.46. The molecule has 5 aliphatic rings. The standard InChI is InChI=1S/C104H98N13O20P/c1-115(103(126)131-59-84-80-33-17-11-27-74(80)75-28-12-18-34-81(75)84)50-19-35-91(119)112-99-113-95-94(98(122)114-99)108-62-117(95)92-53-86(118)88(135-92)61-134-138(133-52-20-49-105)137-87-54-93(136-89(87)60-132-104(65-21-5-4-6-22-65,66-40-44-68(127-2)45-41-66)67-42-46-69(128-3)47-43-67)116-51-48-90(111-100(116)123)110-96(120)64-38-36-63(37-39-64)55-106-97(121)85(109-102(125)130-58-83-78-31-15-9-25-72(78)73-26-10-16-32-79(73)83)56-107-101(124)129-57-82-76-29-13-7-23-70(76)71-24-8-14-30-77(71)82/h4-18,21-34,36-48,51,62,82-89,92-93,118H,19-20,35,50,52-61H2,1-3H3,(H,106,121)(H,107,124)(H,109,125)(H,110,111,120,123)(H2,112,113,114,119,122)/t85?,86-,87-,88-,89-,92-,93-,138?/m1/s1. The zero-order valence-corrected chi connectivity index (χ0v) is 76.3. The van der Waals surface area contributed by atoms with E-state index < -0.39 is 104 Å². The molecule has 3 aromatic heterocycles. The van der Waals surface area contributed by atoms with Gasteiger partial charge in [0.2, 0.25) is 17.8 Å². The van der Waals surface area contributed by atoms with Crippen molar-refractivity contribution in [2.45, 2.75) is 105 Å². The molecule has 2 fully saturated rings. The Balaban J connectivity index is 0.533. The van der Waals surface area contributed by atoms with Gasteiger partial charge in [-0.3, -0.25) is 38.6 Å². The smallest absolute Gasteiger partial charge is 0.409 e. The minimum atomic E-state index is -2.49. The molecule has 2 saturated heterocycles. The van der Waals surface area contributed by atoms with Crippen LogP contribution in [0.4, 0.5) is 26.1 Å². The summed E-state index contributed by atoms with van der Waals surface area (Å²) in [5.74, 6) is -1.56. The first-order valence-corrected chi connectivity index (χ1v) is 46.3. The van der Waals surface area contributed by atoms with Gasteiger partial charge < -0.3 is 82.7 Å². The predicted octanol–water partition coefficient (Wildman–Crippen LogP) is 14.8. The molecule has 13 aromatic rings. The van der Waals surface area contributed by atoms with Crippen molar-refractivity contribution in [3.63, 3.8) is 0 Å². The number of carbonyl (C=O) groups excluding carboxylic acids is 6. The molecule has 6 amide bonds. The maximum atomic E-state index is 14.6. The number of nitrogens with one attached hydrogen (secondary N) is 6. The zero-order chi connectivity index (χ0) is 95.3. The van der Waals surface area contributed by atoms with Crippen molar-refractivity contribution in [2.75, 3.05) is 84.6 Å². The Morgan fingerprint density at radius 3 is 1.65 bits per heavy atom. The number of hydrogen-bond acceptors (Lipinski definition) is 24. The van der Waals surface area contributed by atoms with Crippen LogP contribution in [0.2, 0.25) is 0 Å². The number of aliphatic hydroxyl groups excluding tert-OH is 1. The van der Waals surface area contributed by atoms with Crippen molar-refractivity contribution in [1.82, 2.24) is 49.9 Å². The summed E-state index contributed by atoms with van der Waals surface area (Å²) in [6.07, 6.45) is -5.96. The van der Waals surface area contributed by atoms with E-state index in [4.69, 9.17) is 51.5 Å². The van der Waals surface area contributed by atoms with Crippen molar-refractivity contribution < 1.29 is 85.3 Å². The second-order valence-corrected chi connectivity index (χ2v) is 34.9. The van der Waals surface area contributed by atoms with E-state index in [0.29, 0.717) is 28.2 Å². The number of nitrogens with zero attached hydrogens (tertiary/aromatic N) is 7. The lowest BCUT2D eigenvalue weighted by Crippen LogP contribution is -2.52. The number of nitriles is 1. The van der Waals surface area contributed by atoms with Crippen LogP contribution in [0.1, 0.15) is 128 Å². The highest BCUT2D eigenvalue weighted by Crippen LogP contribution is 2.51. The SMILES string of the molecule is COc1ccc(C(OC[C@H]2O[C@@H](n3ccc(NC(=O)c4ccc(CNC(=O)C(CNC(=O)OCC5c6ccccc6-c6ccccc65)NC(=O)OCC5c6ccccc6-c6ccccc65)cc4)nc3=O)C[C@H]2OP(OCCC#N)OC[C@H]2O[C@@H](n3cnc4c(=O)[nH]c(NC(=O)CCCN(C)C(=O)OCC5c6ccccc6-c6ccccc65)nc43)C[C@H]2O)(c2ccccc2)c2ccc(OC)cc2)cc1. The third-order valence-electron chi connectivity index (χ3n) is 25.4. The Kier molecular flexibility index (Phi) is 28.7. The van der Waals surface area contributed by atoms with Crippen LogP contribution in [0.25, 0.3) is 44.5 Å². The van der Waals surface area contributed by atoms with E-state index in [1.807, 2.05) is 212 Å². The van der Waals surface area contributed by atoms with Crippen molar-refractivity contribution >= 4 is 67.5 Å². The first-order chi connectivity index (χ1) is 67.4. The normalized spacial score (nSPS) is 17.1. The summed E-state index contributed by atoms with van der Waals surface area (Å²) >= 11 is 0. The number of aliphatic hydroxyl groups is 1. The summed E-state index contributed by atoms with van der Waals surface area (Å²) < 4.78 is 71.7. The van der Waals surface area contributed by atoms with E-state index in [9.17, 15) is 48.7 Å². The molecule has 2 unspecified atom stereocenters. The first-order valence-electron chi connectivity index (χ1n) is 45.2. The molecule has 2 aliphatic heterocycles. The second kappa shape index (κ2) is 42.4. The van der Waals surface area contributed by atoms with E-state index in [1.165, 1.54) is 44.8 Å². The van der Waals surface area contributed by atoms with Crippen LogP contribution in [0.15, 0.2) is 277 Å². The van der Waals surface area contributed by atoms with Gasteiger partial charge in [-0.1, -0.05) is 212 Å². The number of fused-ring (bicyclic) bond motifs is 10. The van der Waals surface area contributed by atoms with Gasteiger partial charge in [-0.15, -0.1) is 0 Å². The van der Waals surface area contributed by atoms with Crippen LogP contribution >= 0.6 is 8.60 Å². The number of methoxy groups -OCH3 is 2. The van der Waals surface area contributed by atoms with Gasteiger partial charge in [0, 0.05) is 68.9 Å². The Hall–Kier alpha value is -15.1. The molecule has 18 rings (SSSR count). The number of amides is 6. The van der Waals surface area contributed by atoms with Gasteiger partial charge in [-0.05, 0) is 138 Å². The number of aromatic amines is 1. The number of ether oxygens (including phenoxy) is 8. The van der Waals surface area contributed by atoms with Crippen LogP contribution in [0.3, 0.4) is 0 Å². The molecule has 7 N–H and O–H groups in total. The van der Waals surface area contributed by atoms with Crippen molar-refractivity contribution in [3.05, 3.63) is 349 Å². The van der Waals surface area contributed by atoms with Gasteiger partial charge in [0.05, 0.1) is 71.6 Å². The fourth-order valence-corrected chi connectivity index (χ4v) is 19.6. The molecular formula is C104H98N13O20P. The average molecular weight is 1880 g/mol. The molecule has 138 heavy (non-hydrogen) atoms. The van der Waals surface area contributed by atoms with E-state index >= 15 is 0 Å². The summed E-state index contributed by atoms with van der Waals surface area (Å²) in [5, 5.41) is 35.1. The lowest BCUT2D eigenvalue weighted by molar-refractivity contribution is -0.123. The van der Waals surface area contributed by atoms with Gasteiger partial charge >= 0.3 is 32.6 Å². The maximum absolute atomic E-state index is 14.6. The van der Waals surface area contributed by atoms with Gasteiger partial charge in [0.1, 0.15) is 73.4 Å². The fourth-order valence-electron chi connectivity index (χ4n) is 18.4. The number of rotatable bonds is 37. The number of aromatic nitrogens is 6. The Morgan fingerprint density at radius 2 is 1.10 bits per heavy atom. The first kappa shape index (κ1) is 93.3. The summed E-state index contributed by atoms with van der Waals surface area (Å²) in [6, 6.07) is 80.6. The van der Waals surface area contributed by atoms with Crippen LogP contribution in [-0.2, 0) is 63.7 Å². The quantitative estimate of drug-likeness (QED) is 0.00823. The molecule has 8 atom stereocenters. The van der Waals surface area contributed by atoms with Gasteiger partial charge in [-0.25, -0.2) is 24.2 Å². The number of imidazole rings is 1. The van der Waals surface area contributed by atoms with E-state index in [1.54, 1.807) is 33.4 Å². The molecule has 0 spiro atoms. The number of carbonyl (C=O) groups is 6. The molecule has 704 valence electrons. The van der Waals surface area contributed by atoms with Crippen LogP contribution in [0.5, 0.6) is 11.5 Å². The van der Waals surface area contributed by atoms with Crippen molar-refractivity contribution in [1.29, 1.82) is 5.26 Å². The summed E-state index contributed by atoms with van der Waals surface area (Å²) in [5.41, 5.74) is 12.4. The number of H-pyrrole nitrogens is 1. The Bertz CT molecular complexity index is 6620. The Morgan fingerprint density at radius 1 is 0.580 bits per heavy atom. The topological polar surface area (TPSA) is 410 Å². The summed E-state index contributed by atoms with van der Waals surface area (Å²) in [7, 11) is 2.24. The fraction of sp³-hybridized carbons (Fsp3) is 0.269. The van der Waals surface area contributed by atoms with Crippen LogP contribution < -0.4 is 47.3 Å². The lowest BCUT2D eigenvalue weighted by atomic mass is 9.80. The number of anilines is 2. The monoisotopic (exact) mass is 1880 g/mol. The maximum Gasteiger partial charge on any atom is 0.409 e. The molecule has 33 nitrogen and oxygen atoms in total.